The van der Waals surface area contributed by atoms with Gasteiger partial charge in [0.2, 0.25) is 0 Å². The lowest BCUT2D eigenvalue weighted by molar-refractivity contribution is 0.271. The van der Waals surface area contributed by atoms with Gasteiger partial charge in [0.05, 0.1) is 6.61 Å². The van der Waals surface area contributed by atoms with Crippen molar-refractivity contribution in [1.29, 1.82) is 0 Å². The van der Waals surface area contributed by atoms with Gasteiger partial charge in [-0.2, -0.15) is 0 Å². The highest BCUT2D eigenvalue weighted by molar-refractivity contribution is 5.20. The normalized spacial score (nSPS) is 14.2. The van der Waals surface area contributed by atoms with E-state index in [0.29, 0.717) is 0 Å². The molecule has 0 amide bonds. The van der Waals surface area contributed by atoms with Crippen LogP contribution in [-0.2, 0) is 0 Å². The minimum absolute atomic E-state index is 0.727. The molecule has 20 heavy (non-hydrogen) atoms. The minimum Gasteiger partial charge on any atom is -0.494 e. The molecule has 0 saturated carbocycles. The summed E-state index contributed by atoms with van der Waals surface area (Å²) >= 11 is 0. The van der Waals surface area contributed by atoms with Crippen molar-refractivity contribution in [1.82, 2.24) is 5.32 Å². The summed E-state index contributed by atoms with van der Waals surface area (Å²) in [7, 11) is 0. The fourth-order valence-electron chi connectivity index (χ4n) is 2.20. The van der Waals surface area contributed by atoms with E-state index in [1.54, 1.807) is 0 Å². The first kappa shape index (κ1) is 17.0. The van der Waals surface area contributed by atoms with Gasteiger partial charge in [-0.1, -0.05) is 45.9 Å². The van der Waals surface area contributed by atoms with Crippen LogP contribution in [0.1, 0.15) is 40.5 Å². The molecular weight excluding hydrogens is 246 g/mol. The molecule has 0 heterocycles. The van der Waals surface area contributed by atoms with E-state index >= 15 is 0 Å². The van der Waals surface area contributed by atoms with Gasteiger partial charge >= 0.3 is 0 Å². The van der Waals surface area contributed by atoms with Crippen LogP contribution in [0.4, 0.5) is 0 Å². The van der Waals surface area contributed by atoms with Gasteiger partial charge in [-0.05, 0) is 55.8 Å². The summed E-state index contributed by atoms with van der Waals surface area (Å²) in [4.78, 5) is 0. The number of benzene rings is 1. The van der Waals surface area contributed by atoms with E-state index in [1.807, 2.05) is 30.3 Å². The van der Waals surface area contributed by atoms with Crippen molar-refractivity contribution in [2.45, 2.75) is 40.5 Å². The third-order valence-corrected chi connectivity index (χ3v) is 3.81. The number of ether oxygens (including phenoxy) is 1. The maximum atomic E-state index is 5.73. The van der Waals surface area contributed by atoms with Gasteiger partial charge < -0.3 is 10.1 Å². The van der Waals surface area contributed by atoms with Crippen molar-refractivity contribution < 1.29 is 4.74 Å². The Labute approximate surface area is 124 Å². The highest BCUT2D eigenvalue weighted by atomic mass is 16.5. The Morgan fingerprint density at radius 2 is 1.65 bits per heavy atom. The van der Waals surface area contributed by atoms with E-state index in [4.69, 9.17) is 4.74 Å². The number of nitrogens with one attached hydrogen (secondary N) is 1. The summed E-state index contributed by atoms with van der Waals surface area (Å²) in [5, 5.41) is 3.55. The smallest absolute Gasteiger partial charge is 0.119 e. The number of rotatable bonds is 10. The summed E-state index contributed by atoms with van der Waals surface area (Å²) in [5.41, 5.74) is 0. The van der Waals surface area contributed by atoms with Crippen molar-refractivity contribution in [2.75, 3.05) is 19.7 Å². The van der Waals surface area contributed by atoms with Crippen LogP contribution in [0.25, 0.3) is 0 Å². The maximum absolute atomic E-state index is 5.73. The lowest BCUT2D eigenvalue weighted by Gasteiger charge is -2.21. The van der Waals surface area contributed by atoms with E-state index in [-0.39, 0.29) is 0 Å². The Bertz CT molecular complexity index is 337. The second-order valence-electron chi connectivity index (χ2n) is 6.31. The van der Waals surface area contributed by atoms with Crippen molar-refractivity contribution in [3.8, 4) is 5.75 Å². The molecule has 1 aromatic carbocycles. The second kappa shape index (κ2) is 9.82. The monoisotopic (exact) mass is 277 g/mol. The van der Waals surface area contributed by atoms with Gasteiger partial charge in [0.15, 0.2) is 0 Å². The van der Waals surface area contributed by atoms with Gasteiger partial charge in [0.1, 0.15) is 5.75 Å². The van der Waals surface area contributed by atoms with E-state index in [1.165, 1.54) is 6.42 Å². The molecular formula is C18H31NO. The highest BCUT2D eigenvalue weighted by Gasteiger charge is 2.11. The SMILES string of the molecule is CC(C)CNCC(C)C(C)CCCOc1ccccc1. The molecule has 0 radical (unpaired) electrons. The maximum Gasteiger partial charge on any atom is 0.119 e. The third kappa shape index (κ3) is 7.54. The molecule has 0 fully saturated rings. The summed E-state index contributed by atoms with van der Waals surface area (Å²) in [6.07, 6.45) is 2.36. The quantitative estimate of drug-likeness (QED) is 0.641. The first-order valence-corrected chi connectivity index (χ1v) is 7.98. The van der Waals surface area contributed by atoms with Gasteiger partial charge in [-0.15, -0.1) is 0 Å². The van der Waals surface area contributed by atoms with Crippen molar-refractivity contribution in [2.24, 2.45) is 17.8 Å². The molecule has 2 heteroatoms. The zero-order chi connectivity index (χ0) is 14.8. The average molecular weight is 277 g/mol. The van der Waals surface area contributed by atoms with Crippen LogP contribution in [0.15, 0.2) is 30.3 Å². The predicted octanol–water partition coefficient (Wildman–Crippen LogP) is 4.36. The molecule has 1 rings (SSSR count). The first-order valence-electron chi connectivity index (χ1n) is 7.98. The van der Waals surface area contributed by atoms with Gasteiger partial charge in [-0.3, -0.25) is 0 Å². The number of hydrogen-bond donors (Lipinski definition) is 1. The topological polar surface area (TPSA) is 21.3 Å². The van der Waals surface area contributed by atoms with Crippen molar-refractivity contribution in [3.63, 3.8) is 0 Å². The molecule has 2 unspecified atom stereocenters. The summed E-state index contributed by atoms with van der Waals surface area (Å²) in [6.45, 7) is 12.3. The molecule has 1 aromatic rings. The van der Waals surface area contributed by atoms with Crippen molar-refractivity contribution >= 4 is 0 Å². The van der Waals surface area contributed by atoms with Crippen LogP contribution in [-0.4, -0.2) is 19.7 Å². The van der Waals surface area contributed by atoms with Crippen LogP contribution in [0.5, 0.6) is 5.75 Å². The summed E-state index contributed by atoms with van der Waals surface area (Å²) in [5.74, 6) is 3.18. The lowest BCUT2D eigenvalue weighted by atomic mass is 9.91. The molecule has 0 bridgehead atoms. The fourth-order valence-corrected chi connectivity index (χ4v) is 2.20. The van der Waals surface area contributed by atoms with Crippen LogP contribution in [0.2, 0.25) is 0 Å². The summed E-state index contributed by atoms with van der Waals surface area (Å²) < 4.78 is 5.73. The Kier molecular flexibility index (Phi) is 8.36. The Balaban J connectivity index is 2.08. The molecule has 0 spiro atoms. The van der Waals surface area contributed by atoms with E-state index < -0.39 is 0 Å². The van der Waals surface area contributed by atoms with E-state index in [0.717, 1.165) is 49.6 Å². The molecule has 0 aromatic heterocycles. The standard InChI is InChI=1S/C18H31NO/c1-15(2)13-19-14-17(4)16(3)9-8-12-20-18-10-6-5-7-11-18/h5-7,10-11,15-17,19H,8-9,12-14H2,1-4H3. The Hall–Kier alpha value is -1.02. The van der Waals surface area contributed by atoms with Gasteiger partial charge in [-0.25, -0.2) is 0 Å². The van der Waals surface area contributed by atoms with Crippen molar-refractivity contribution in [3.05, 3.63) is 30.3 Å². The largest absolute Gasteiger partial charge is 0.494 e. The highest BCUT2D eigenvalue weighted by Crippen LogP contribution is 2.17. The predicted molar refractivity (Wildman–Crippen MR) is 87.2 cm³/mol. The van der Waals surface area contributed by atoms with E-state index in [2.05, 4.69) is 33.0 Å². The van der Waals surface area contributed by atoms with Gasteiger partial charge in [0, 0.05) is 0 Å². The molecule has 0 saturated heterocycles. The van der Waals surface area contributed by atoms with Gasteiger partial charge in [0.25, 0.3) is 0 Å². The lowest BCUT2D eigenvalue weighted by Crippen LogP contribution is -2.28. The molecule has 114 valence electrons. The molecule has 0 aliphatic rings. The van der Waals surface area contributed by atoms with Crippen LogP contribution in [0.3, 0.4) is 0 Å². The number of para-hydroxylation sites is 1. The Morgan fingerprint density at radius 3 is 2.30 bits per heavy atom. The van der Waals surface area contributed by atoms with Crippen LogP contribution >= 0.6 is 0 Å². The molecule has 0 aliphatic carbocycles. The minimum atomic E-state index is 0.727. The fraction of sp³-hybridized carbons (Fsp3) is 0.667. The summed E-state index contributed by atoms with van der Waals surface area (Å²) in [6, 6.07) is 10.1. The first-order chi connectivity index (χ1) is 9.59. The third-order valence-electron chi connectivity index (χ3n) is 3.81. The van der Waals surface area contributed by atoms with Crippen LogP contribution < -0.4 is 10.1 Å². The van der Waals surface area contributed by atoms with E-state index in [9.17, 15) is 0 Å². The van der Waals surface area contributed by atoms with Crippen LogP contribution in [0, 0.1) is 17.8 Å². The molecule has 1 N–H and O–H groups in total. The molecule has 2 nitrogen and oxygen atoms in total. The number of hydrogen-bond acceptors (Lipinski definition) is 2. The zero-order valence-electron chi connectivity index (χ0n) is 13.6. The second-order valence-corrected chi connectivity index (χ2v) is 6.31. The zero-order valence-corrected chi connectivity index (χ0v) is 13.6. The molecule has 2 atom stereocenters. The average Bonchev–Trinajstić information content (AvgIpc) is 2.44. The Morgan fingerprint density at radius 1 is 0.950 bits per heavy atom. The molecule has 0 aliphatic heterocycles.